The number of amides is 1. The number of aromatic nitrogens is 2. The van der Waals surface area contributed by atoms with Crippen LogP contribution in [0.3, 0.4) is 0 Å². The van der Waals surface area contributed by atoms with Crippen LogP contribution in [0.15, 0.2) is 24.3 Å². The molecule has 1 atom stereocenters. The molecule has 2 N–H and O–H groups in total. The molecule has 1 aromatic carbocycles. The monoisotopic (exact) mass is 342 g/mol. The minimum Gasteiger partial charge on any atom is -0.341 e. The van der Waals surface area contributed by atoms with Gasteiger partial charge in [-0.25, -0.2) is 4.98 Å². The van der Waals surface area contributed by atoms with E-state index in [9.17, 15) is 4.79 Å². The van der Waals surface area contributed by atoms with E-state index in [0.717, 1.165) is 56.5 Å². The first kappa shape index (κ1) is 17.9. The van der Waals surface area contributed by atoms with Crippen LogP contribution in [0.2, 0.25) is 0 Å². The molecule has 1 fully saturated rings. The molecule has 1 aromatic heterocycles. The average Bonchev–Trinajstić information content (AvgIpc) is 2.99. The summed E-state index contributed by atoms with van der Waals surface area (Å²) < 4.78 is 2.39. The van der Waals surface area contributed by atoms with Gasteiger partial charge in [-0.3, -0.25) is 4.79 Å². The number of fused-ring (bicyclic) bond motifs is 1. The first-order chi connectivity index (χ1) is 12.0. The Bertz CT molecular complexity index is 741. The Hall–Kier alpha value is -1.88. The lowest BCUT2D eigenvalue weighted by Gasteiger charge is -2.37. The van der Waals surface area contributed by atoms with E-state index in [-0.39, 0.29) is 5.91 Å². The molecule has 0 saturated carbocycles. The zero-order chi connectivity index (χ0) is 18.0. The molecule has 3 rings (SSSR count). The van der Waals surface area contributed by atoms with Gasteiger partial charge in [-0.2, -0.15) is 0 Å². The number of hydrogen-bond acceptors (Lipinski definition) is 3. The van der Waals surface area contributed by atoms with Crippen molar-refractivity contribution >= 4 is 16.9 Å². The van der Waals surface area contributed by atoms with Gasteiger partial charge >= 0.3 is 0 Å². The Morgan fingerprint density at radius 3 is 2.60 bits per heavy atom. The summed E-state index contributed by atoms with van der Waals surface area (Å²) in [5.41, 5.74) is 7.78. The van der Waals surface area contributed by atoms with Gasteiger partial charge in [0.05, 0.1) is 16.6 Å². The molecule has 1 amide bonds. The molecule has 136 valence electrons. The molecule has 0 radical (unpaired) electrons. The zero-order valence-corrected chi connectivity index (χ0v) is 15.7. The van der Waals surface area contributed by atoms with Crippen LogP contribution >= 0.6 is 0 Å². The fourth-order valence-corrected chi connectivity index (χ4v) is 4.07. The standard InChI is InChI=1S/C20H30N4O/c1-4-12-20(3,21)19(25)23-13-10-15(11-14-23)24-17-9-7-6-8-16(17)22-18(24)5-2/h6-9,15H,4-5,10-14,21H2,1-3H3. The maximum absolute atomic E-state index is 12.7. The number of benzene rings is 1. The van der Waals surface area contributed by atoms with E-state index < -0.39 is 5.54 Å². The molecule has 1 aliphatic heterocycles. The van der Waals surface area contributed by atoms with Crippen LogP contribution in [0.1, 0.15) is 58.3 Å². The normalized spacial score (nSPS) is 18.5. The van der Waals surface area contributed by atoms with E-state index in [1.165, 1.54) is 5.52 Å². The number of likely N-dealkylation sites (tertiary alicyclic amines) is 1. The van der Waals surface area contributed by atoms with Gasteiger partial charge < -0.3 is 15.2 Å². The van der Waals surface area contributed by atoms with Crippen LogP contribution in [0.4, 0.5) is 0 Å². The van der Waals surface area contributed by atoms with Gasteiger partial charge in [-0.05, 0) is 38.3 Å². The molecule has 1 unspecified atom stereocenters. The summed E-state index contributed by atoms with van der Waals surface area (Å²) in [6.07, 6.45) is 4.50. The van der Waals surface area contributed by atoms with Gasteiger partial charge in [-0.15, -0.1) is 0 Å². The van der Waals surface area contributed by atoms with Crippen molar-refractivity contribution in [2.75, 3.05) is 13.1 Å². The number of piperidine rings is 1. The molecule has 2 heterocycles. The van der Waals surface area contributed by atoms with E-state index in [0.29, 0.717) is 6.04 Å². The lowest BCUT2D eigenvalue weighted by molar-refractivity contribution is -0.138. The first-order valence-corrected chi connectivity index (χ1v) is 9.52. The van der Waals surface area contributed by atoms with E-state index in [2.05, 4.69) is 36.6 Å². The highest BCUT2D eigenvalue weighted by Crippen LogP contribution is 2.30. The Balaban J connectivity index is 1.76. The van der Waals surface area contributed by atoms with Crippen LogP contribution in [0.25, 0.3) is 11.0 Å². The average molecular weight is 342 g/mol. The summed E-state index contributed by atoms with van der Waals surface area (Å²) in [6.45, 7) is 7.64. The Morgan fingerprint density at radius 2 is 1.96 bits per heavy atom. The van der Waals surface area contributed by atoms with Crippen molar-refractivity contribution in [3.8, 4) is 0 Å². The number of aryl methyl sites for hydroxylation is 1. The van der Waals surface area contributed by atoms with Gasteiger partial charge in [0.2, 0.25) is 5.91 Å². The number of carbonyl (C=O) groups is 1. The lowest BCUT2D eigenvalue weighted by Crippen LogP contribution is -2.55. The molecule has 5 nitrogen and oxygen atoms in total. The summed E-state index contributed by atoms with van der Waals surface area (Å²) >= 11 is 0. The van der Waals surface area contributed by atoms with E-state index in [4.69, 9.17) is 10.7 Å². The highest BCUT2D eigenvalue weighted by atomic mass is 16.2. The van der Waals surface area contributed by atoms with Crippen molar-refractivity contribution in [1.82, 2.24) is 14.5 Å². The van der Waals surface area contributed by atoms with Crippen LogP contribution in [0, 0.1) is 0 Å². The molecule has 0 spiro atoms. The minimum atomic E-state index is -0.738. The van der Waals surface area contributed by atoms with Gasteiger partial charge in [0.15, 0.2) is 0 Å². The molecule has 0 aliphatic carbocycles. The maximum atomic E-state index is 12.7. The number of carbonyl (C=O) groups excluding carboxylic acids is 1. The summed E-state index contributed by atoms with van der Waals surface area (Å²) in [5, 5.41) is 0. The smallest absolute Gasteiger partial charge is 0.242 e. The Kier molecular flexibility index (Phi) is 5.13. The summed E-state index contributed by atoms with van der Waals surface area (Å²) in [7, 11) is 0. The third-order valence-electron chi connectivity index (χ3n) is 5.36. The van der Waals surface area contributed by atoms with Crippen molar-refractivity contribution in [2.45, 2.75) is 64.5 Å². The highest BCUT2D eigenvalue weighted by Gasteiger charge is 2.34. The van der Waals surface area contributed by atoms with Crippen molar-refractivity contribution in [2.24, 2.45) is 5.73 Å². The third kappa shape index (κ3) is 3.43. The first-order valence-electron chi connectivity index (χ1n) is 9.52. The molecule has 25 heavy (non-hydrogen) atoms. The molecular weight excluding hydrogens is 312 g/mol. The van der Waals surface area contributed by atoms with Crippen molar-refractivity contribution in [3.63, 3.8) is 0 Å². The van der Waals surface area contributed by atoms with Gasteiger partial charge in [0.1, 0.15) is 5.82 Å². The summed E-state index contributed by atoms with van der Waals surface area (Å²) in [4.78, 5) is 19.5. The second-order valence-electron chi connectivity index (χ2n) is 7.43. The molecule has 1 aliphatic rings. The molecular formula is C20H30N4O. The van der Waals surface area contributed by atoms with Crippen molar-refractivity contribution in [3.05, 3.63) is 30.1 Å². The van der Waals surface area contributed by atoms with Crippen LogP contribution < -0.4 is 5.73 Å². The quantitative estimate of drug-likeness (QED) is 0.907. The summed E-state index contributed by atoms with van der Waals surface area (Å²) in [5.74, 6) is 1.24. The SMILES string of the molecule is CCCC(C)(N)C(=O)N1CCC(n2c(CC)nc3ccccc32)CC1. The maximum Gasteiger partial charge on any atom is 0.242 e. The summed E-state index contributed by atoms with van der Waals surface area (Å²) in [6, 6.07) is 8.74. The Labute approximate surface area is 150 Å². The van der Waals surface area contributed by atoms with Gasteiger partial charge in [0.25, 0.3) is 0 Å². The predicted octanol–water partition coefficient (Wildman–Crippen LogP) is 3.28. The molecule has 5 heteroatoms. The lowest BCUT2D eigenvalue weighted by atomic mass is 9.94. The zero-order valence-electron chi connectivity index (χ0n) is 15.7. The Morgan fingerprint density at radius 1 is 1.28 bits per heavy atom. The second-order valence-corrected chi connectivity index (χ2v) is 7.43. The fourth-order valence-electron chi connectivity index (χ4n) is 4.07. The predicted molar refractivity (Wildman–Crippen MR) is 101 cm³/mol. The number of hydrogen-bond donors (Lipinski definition) is 1. The van der Waals surface area contributed by atoms with Gasteiger partial charge in [0, 0.05) is 25.6 Å². The number of nitrogens with zero attached hydrogens (tertiary/aromatic N) is 3. The number of rotatable bonds is 5. The molecule has 1 saturated heterocycles. The second kappa shape index (κ2) is 7.16. The number of imidazole rings is 1. The van der Waals surface area contributed by atoms with Crippen LogP contribution in [-0.2, 0) is 11.2 Å². The van der Waals surface area contributed by atoms with E-state index >= 15 is 0 Å². The highest BCUT2D eigenvalue weighted by molar-refractivity contribution is 5.85. The molecule has 2 aromatic rings. The largest absolute Gasteiger partial charge is 0.341 e. The third-order valence-corrected chi connectivity index (χ3v) is 5.36. The van der Waals surface area contributed by atoms with Crippen molar-refractivity contribution in [1.29, 1.82) is 0 Å². The van der Waals surface area contributed by atoms with E-state index in [1.807, 2.05) is 17.9 Å². The number of para-hydroxylation sites is 2. The fraction of sp³-hybridized carbons (Fsp3) is 0.600. The topological polar surface area (TPSA) is 64.2 Å². The van der Waals surface area contributed by atoms with Crippen LogP contribution in [0.5, 0.6) is 0 Å². The molecule has 0 bridgehead atoms. The van der Waals surface area contributed by atoms with Crippen LogP contribution in [-0.4, -0.2) is 39.0 Å². The van der Waals surface area contributed by atoms with E-state index in [1.54, 1.807) is 0 Å². The van der Waals surface area contributed by atoms with Gasteiger partial charge in [-0.1, -0.05) is 32.4 Å². The van der Waals surface area contributed by atoms with Crippen molar-refractivity contribution < 1.29 is 4.79 Å². The number of nitrogens with two attached hydrogens (primary N) is 1. The minimum absolute atomic E-state index is 0.0963.